The molecule has 0 spiro atoms. The van der Waals surface area contributed by atoms with E-state index in [1.165, 1.54) is 0 Å². The van der Waals surface area contributed by atoms with Gasteiger partial charge in [-0.25, -0.2) is 0 Å². The van der Waals surface area contributed by atoms with E-state index in [4.69, 9.17) is 10.3 Å². The monoisotopic (exact) mass is 231 g/mol. The largest absolute Gasteiger partial charge is 0.493 e. The molecule has 0 fully saturated rings. The normalized spacial score (nSPS) is 25.5. The van der Waals surface area contributed by atoms with Crippen LogP contribution in [0, 0.1) is 0 Å². The van der Waals surface area contributed by atoms with Gasteiger partial charge in [-0.3, -0.25) is 0 Å². The lowest BCUT2D eigenvalue weighted by atomic mass is 9.85. The van der Waals surface area contributed by atoms with Crippen LogP contribution in [0.1, 0.15) is 29.2 Å². The van der Waals surface area contributed by atoms with Crippen molar-refractivity contribution in [3.8, 4) is 5.75 Å². The van der Waals surface area contributed by atoms with E-state index >= 15 is 0 Å². The highest BCUT2D eigenvalue weighted by atomic mass is 16.5. The summed E-state index contributed by atoms with van der Waals surface area (Å²) in [5.41, 5.74) is 11.6. The molecule has 5 nitrogen and oxygen atoms in total. The first-order valence-corrected chi connectivity index (χ1v) is 5.80. The van der Waals surface area contributed by atoms with E-state index in [2.05, 4.69) is 10.0 Å². The zero-order chi connectivity index (χ0) is 11.8. The van der Waals surface area contributed by atoms with Gasteiger partial charge in [0.15, 0.2) is 0 Å². The van der Waals surface area contributed by atoms with Gasteiger partial charge in [0, 0.05) is 11.3 Å². The van der Waals surface area contributed by atoms with E-state index in [1.807, 2.05) is 12.1 Å². The van der Waals surface area contributed by atoms with Gasteiger partial charge in [-0.1, -0.05) is 5.11 Å². The molecule has 1 aliphatic carbocycles. The fourth-order valence-corrected chi connectivity index (χ4v) is 2.63. The molecule has 0 amide bonds. The number of hydrogen-bond donors (Lipinski definition) is 1. The number of nitrogens with zero attached hydrogens (tertiary/aromatic N) is 3. The van der Waals surface area contributed by atoms with Crippen LogP contribution in [0.4, 0.5) is 0 Å². The number of azide groups is 1. The number of fused-ring (bicyclic) bond motifs is 2. The van der Waals surface area contributed by atoms with E-state index in [0.717, 1.165) is 35.3 Å². The fraction of sp³-hybridized carbons (Fsp3) is 0.500. The maximum absolute atomic E-state index is 10.2. The Morgan fingerprint density at radius 1 is 1.35 bits per heavy atom. The average molecular weight is 231 g/mol. The molecule has 2 aliphatic rings. The molecule has 1 aliphatic heterocycles. The number of ether oxygens (including phenoxy) is 1. The molecule has 3 rings (SSSR count). The molecule has 2 atom stereocenters. The maximum atomic E-state index is 10.2. The molecule has 0 saturated carbocycles. The number of aryl methyl sites for hydroxylation is 1. The lowest BCUT2D eigenvalue weighted by molar-refractivity contribution is 0.134. The van der Waals surface area contributed by atoms with E-state index in [-0.39, 0.29) is 6.04 Å². The summed E-state index contributed by atoms with van der Waals surface area (Å²) in [5, 5.41) is 13.8. The van der Waals surface area contributed by atoms with Crippen LogP contribution in [0.5, 0.6) is 5.75 Å². The zero-order valence-corrected chi connectivity index (χ0v) is 9.33. The van der Waals surface area contributed by atoms with Crippen molar-refractivity contribution in [3.05, 3.63) is 39.3 Å². The Labute approximate surface area is 98.7 Å². The summed E-state index contributed by atoms with van der Waals surface area (Å²) >= 11 is 0. The summed E-state index contributed by atoms with van der Waals surface area (Å²) in [5.74, 6) is 0.943. The molecule has 17 heavy (non-hydrogen) atoms. The Balaban J connectivity index is 2.03. The van der Waals surface area contributed by atoms with Gasteiger partial charge < -0.3 is 9.84 Å². The lowest BCUT2D eigenvalue weighted by Gasteiger charge is -2.27. The Morgan fingerprint density at radius 3 is 3.06 bits per heavy atom. The number of aliphatic hydroxyl groups excluding tert-OH is 1. The van der Waals surface area contributed by atoms with E-state index in [0.29, 0.717) is 13.0 Å². The highest BCUT2D eigenvalue weighted by molar-refractivity contribution is 5.47. The van der Waals surface area contributed by atoms with Gasteiger partial charge in [-0.2, -0.15) is 0 Å². The second kappa shape index (κ2) is 3.95. The quantitative estimate of drug-likeness (QED) is 0.457. The third-order valence-corrected chi connectivity index (χ3v) is 3.54. The van der Waals surface area contributed by atoms with Crippen molar-refractivity contribution >= 4 is 0 Å². The highest BCUT2D eigenvalue weighted by Gasteiger charge is 2.29. The Kier molecular flexibility index (Phi) is 2.42. The van der Waals surface area contributed by atoms with Crippen molar-refractivity contribution in [1.29, 1.82) is 0 Å². The zero-order valence-electron chi connectivity index (χ0n) is 9.33. The van der Waals surface area contributed by atoms with Crippen LogP contribution < -0.4 is 4.74 Å². The third-order valence-electron chi connectivity index (χ3n) is 3.54. The van der Waals surface area contributed by atoms with Gasteiger partial charge in [-0.05, 0) is 47.2 Å². The molecular formula is C12H13N3O2. The molecule has 2 unspecified atom stereocenters. The summed E-state index contributed by atoms with van der Waals surface area (Å²) in [6.07, 6.45) is 1.73. The first-order valence-electron chi connectivity index (χ1n) is 5.80. The molecule has 5 heteroatoms. The summed E-state index contributed by atoms with van der Waals surface area (Å²) in [4.78, 5) is 2.80. The van der Waals surface area contributed by atoms with Crippen molar-refractivity contribution in [2.45, 2.75) is 31.4 Å². The Bertz CT molecular complexity index is 509. The molecule has 0 radical (unpaired) electrons. The van der Waals surface area contributed by atoms with Crippen molar-refractivity contribution in [2.24, 2.45) is 5.11 Å². The van der Waals surface area contributed by atoms with Gasteiger partial charge in [0.1, 0.15) is 5.75 Å². The topological polar surface area (TPSA) is 78.2 Å². The maximum Gasteiger partial charge on any atom is 0.122 e. The fourth-order valence-electron chi connectivity index (χ4n) is 2.63. The third kappa shape index (κ3) is 1.64. The van der Waals surface area contributed by atoms with Gasteiger partial charge in [-0.15, -0.1) is 0 Å². The van der Waals surface area contributed by atoms with Gasteiger partial charge in [0.2, 0.25) is 0 Å². The molecule has 0 aromatic heterocycles. The number of rotatable bonds is 1. The minimum absolute atomic E-state index is 0.340. The average Bonchev–Trinajstić information content (AvgIpc) is 2.78. The van der Waals surface area contributed by atoms with Crippen molar-refractivity contribution in [3.63, 3.8) is 0 Å². The number of aliphatic hydroxyl groups is 1. The first-order chi connectivity index (χ1) is 8.29. The standard InChI is InChI=1S/C12H13N3O2/c13-15-14-10-2-1-7-6-11-8(3-4-17-11)5-9(7)12(10)16/h5-6,10,12,16H,1-4H2. The van der Waals surface area contributed by atoms with E-state index in [9.17, 15) is 5.11 Å². The highest BCUT2D eigenvalue weighted by Crippen LogP contribution is 2.37. The minimum Gasteiger partial charge on any atom is -0.493 e. The van der Waals surface area contributed by atoms with Crippen LogP contribution in [0.2, 0.25) is 0 Å². The van der Waals surface area contributed by atoms with Crippen LogP contribution in [0.25, 0.3) is 10.4 Å². The summed E-state index contributed by atoms with van der Waals surface area (Å²) in [6.45, 7) is 0.716. The Morgan fingerprint density at radius 2 is 2.24 bits per heavy atom. The SMILES string of the molecule is [N-]=[N+]=NC1CCc2cc3c(cc2C1O)CCO3. The second-order valence-electron chi connectivity index (χ2n) is 4.51. The minimum atomic E-state index is -0.680. The molecule has 1 aromatic rings. The van der Waals surface area contributed by atoms with Crippen LogP contribution in [-0.2, 0) is 12.8 Å². The lowest BCUT2D eigenvalue weighted by Crippen LogP contribution is -2.23. The van der Waals surface area contributed by atoms with E-state index < -0.39 is 6.10 Å². The van der Waals surface area contributed by atoms with Crippen LogP contribution in [-0.4, -0.2) is 17.8 Å². The van der Waals surface area contributed by atoms with Crippen molar-refractivity contribution in [1.82, 2.24) is 0 Å². The molecule has 1 N–H and O–H groups in total. The number of benzene rings is 1. The Hall–Kier alpha value is -1.71. The molecular weight excluding hydrogens is 218 g/mol. The first kappa shape index (κ1) is 10.4. The molecule has 0 saturated heterocycles. The van der Waals surface area contributed by atoms with Gasteiger partial charge >= 0.3 is 0 Å². The van der Waals surface area contributed by atoms with Crippen molar-refractivity contribution < 1.29 is 9.84 Å². The summed E-state index contributed by atoms with van der Waals surface area (Å²) < 4.78 is 5.51. The van der Waals surface area contributed by atoms with Gasteiger partial charge in [0.05, 0.1) is 18.8 Å². The van der Waals surface area contributed by atoms with Crippen LogP contribution >= 0.6 is 0 Å². The predicted molar refractivity (Wildman–Crippen MR) is 61.9 cm³/mol. The predicted octanol–water partition coefficient (Wildman–Crippen LogP) is 2.28. The second-order valence-corrected chi connectivity index (χ2v) is 4.51. The van der Waals surface area contributed by atoms with E-state index in [1.54, 1.807) is 0 Å². The molecule has 0 bridgehead atoms. The molecule has 1 heterocycles. The molecule has 88 valence electrons. The summed E-state index contributed by atoms with van der Waals surface area (Å²) in [6, 6.07) is 3.68. The van der Waals surface area contributed by atoms with Crippen LogP contribution in [0.3, 0.4) is 0 Å². The van der Waals surface area contributed by atoms with Crippen molar-refractivity contribution in [2.75, 3.05) is 6.61 Å². The smallest absolute Gasteiger partial charge is 0.122 e. The van der Waals surface area contributed by atoms with Crippen LogP contribution in [0.15, 0.2) is 17.2 Å². The van der Waals surface area contributed by atoms with Gasteiger partial charge in [0.25, 0.3) is 0 Å². The number of hydrogen-bond acceptors (Lipinski definition) is 3. The molecule has 1 aromatic carbocycles. The summed E-state index contributed by atoms with van der Waals surface area (Å²) in [7, 11) is 0.